The van der Waals surface area contributed by atoms with Crippen molar-refractivity contribution in [1.82, 2.24) is 9.55 Å². The Balaban J connectivity index is 0.00000578. The van der Waals surface area contributed by atoms with Gasteiger partial charge in [-0.2, -0.15) is 9.29 Å². The summed E-state index contributed by atoms with van der Waals surface area (Å²) in [5.74, 6) is -0.0605. The van der Waals surface area contributed by atoms with E-state index >= 15 is 0 Å². The molecule has 0 aromatic carbocycles. The third-order valence-corrected chi connectivity index (χ3v) is 7.46. The van der Waals surface area contributed by atoms with E-state index in [1.54, 1.807) is 0 Å². The fraction of sp³-hybridized carbons (Fsp3) is 0.765. The molecule has 17 heteroatoms. The van der Waals surface area contributed by atoms with Crippen LogP contribution in [0.25, 0.3) is 0 Å². The zero-order chi connectivity index (χ0) is 24.6. The minimum atomic E-state index is -5.10. The minimum absolute atomic E-state index is 0. The van der Waals surface area contributed by atoms with Gasteiger partial charge in [-0.1, -0.05) is 39.0 Å². The Morgan fingerprint density at radius 3 is 2.35 bits per heavy atom. The number of aliphatic hydroxyl groups excluding tert-OH is 2. The first-order chi connectivity index (χ1) is 15.5. The Kier molecular flexibility index (Phi) is 13.6. The van der Waals surface area contributed by atoms with Crippen molar-refractivity contribution in [2.45, 2.75) is 70.0 Å². The van der Waals surface area contributed by atoms with E-state index in [2.05, 4.69) is 25.3 Å². The smallest absolute Gasteiger partial charge is 0.387 e. The van der Waals surface area contributed by atoms with Gasteiger partial charge in [-0.3, -0.25) is 13.6 Å². The van der Waals surface area contributed by atoms with Crippen LogP contribution < -0.4 is 11.4 Å². The van der Waals surface area contributed by atoms with Crippen LogP contribution in [0, 0.1) is 0 Å². The maximum Gasteiger partial charge on any atom is 0.481 e. The molecule has 191 valence electrons. The Bertz CT molecular complexity index is 921. The van der Waals surface area contributed by atoms with Crippen LogP contribution in [0.3, 0.4) is 0 Å². The topological polar surface area (TPSA) is 213 Å². The van der Waals surface area contributed by atoms with E-state index in [9.17, 15) is 33.9 Å². The number of anilines is 1. The molecule has 0 saturated carbocycles. The van der Waals surface area contributed by atoms with Crippen molar-refractivity contribution in [3.63, 3.8) is 0 Å². The van der Waals surface area contributed by atoms with Crippen molar-refractivity contribution in [1.29, 1.82) is 0 Å². The van der Waals surface area contributed by atoms with Gasteiger partial charge in [0, 0.05) is 35.8 Å². The van der Waals surface area contributed by atoms with Gasteiger partial charge >= 0.3 is 21.3 Å². The molecule has 2 heterocycles. The normalized spacial score (nSPS) is 25.9. The zero-order valence-electron chi connectivity index (χ0n) is 19.1. The molecule has 6 N–H and O–H groups in total. The summed E-state index contributed by atoms with van der Waals surface area (Å²) in [5.41, 5.74) is 4.55. The molecule has 1 fully saturated rings. The molecular weight excluding hydrogens is 507 g/mol. The number of hydrogen-bond donors (Lipinski definition) is 5. The summed E-state index contributed by atoms with van der Waals surface area (Å²) in [7, 11) is -9.99. The molecule has 0 bridgehead atoms. The number of rotatable bonds is 14. The van der Waals surface area contributed by atoms with Gasteiger partial charge in [-0.15, -0.1) is 0 Å². The largest absolute Gasteiger partial charge is 0.481 e. The van der Waals surface area contributed by atoms with Crippen LogP contribution >= 0.6 is 15.6 Å². The van der Waals surface area contributed by atoms with Crippen molar-refractivity contribution < 1.29 is 47.2 Å². The molecule has 34 heavy (non-hydrogen) atoms. The van der Waals surface area contributed by atoms with Crippen LogP contribution in [0.4, 0.5) is 5.82 Å². The molecule has 1 aromatic heterocycles. The minimum Gasteiger partial charge on any atom is -0.387 e. The number of ether oxygens (including phenoxy) is 1. The Morgan fingerprint density at radius 2 is 1.71 bits per heavy atom. The second kappa shape index (κ2) is 14.5. The fourth-order valence-electron chi connectivity index (χ4n) is 3.12. The van der Waals surface area contributed by atoms with Crippen LogP contribution in [0.1, 0.15) is 51.7 Å². The van der Waals surface area contributed by atoms with E-state index in [-0.39, 0.29) is 42.0 Å². The SMILES string of the molecule is CCCCCCCCOP(=O)(O)OP(=O)(O)OCC1OC(n2ccc(N)nc2=O)C(O)C1O.[Na]. The number of nitrogens with two attached hydrogens (primary N) is 1. The number of nitrogen functional groups attached to an aromatic ring is 1. The average Bonchev–Trinajstić information content (AvgIpc) is 2.99. The molecule has 1 saturated heterocycles. The first-order valence-electron chi connectivity index (χ1n) is 10.5. The van der Waals surface area contributed by atoms with Crippen molar-refractivity contribution in [2.24, 2.45) is 0 Å². The van der Waals surface area contributed by atoms with Gasteiger partial charge in [0.25, 0.3) is 0 Å². The van der Waals surface area contributed by atoms with Gasteiger partial charge in [0.05, 0.1) is 13.2 Å². The van der Waals surface area contributed by atoms with E-state index < -0.39 is 52.5 Å². The zero-order valence-corrected chi connectivity index (χ0v) is 22.9. The number of aliphatic hydroxyl groups is 2. The summed E-state index contributed by atoms with van der Waals surface area (Å²) in [6.07, 6.45) is 0.600. The number of phosphoric ester groups is 2. The van der Waals surface area contributed by atoms with Crippen LogP contribution in [-0.2, 0) is 27.2 Å². The molecule has 0 spiro atoms. The number of nitrogens with zero attached hydrogens (tertiary/aromatic N) is 2. The molecule has 1 radical (unpaired) electrons. The first-order valence-corrected chi connectivity index (χ1v) is 13.5. The van der Waals surface area contributed by atoms with Gasteiger partial charge in [-0.25, -0.2) is 13.9 Å². The van der Waals surface area contributed by atoms with E-state index in [1.165, 1.54) is 12.3 Å². The van der Waals surface area contributed by atoms with Crippen LogP contribution in [0.2, 0.25) is 0 Å². The molecule has 6 unspecified atom stereocenters. The second-order valence-electron chi connectivity index (χ2n) is 7.50. The molecule has 1 aromatic rings. The summed E-state index contributed by atoms with van der Waals surface area (Å²) >= 11 is 0. The van der Waals surface area contributed by atoms with Crippen molar-refractivity contribution >= 4 is 51.0 Å². The predicted molar refractivity (Wildman–Crippen MR) is 121 cm³/mol. The summed E-state index contributed by atoms with van der Waals surface area (Å²) in [6, 6.07) is 1.27. The number of unbranched alkanes of at least 4 members (excludes halogenated alkanes) is 5. The van der Waals surface area contributed by atoms with Gasteiger partial charge in [0.1, 0.15) is 24.1 Å². The van der Waals surface area contributed by atoms with Crippen molar-refractivity contribution in [3.05, 3.63) is 22.7 Å². The van der Waals surface area contributed by atoms with E-state index in [0.29, 0.717) is 6.42 Å². The summed E-state index contributed by atoms with van der Waals surface area (Å²) < 4.78 is 43.7. The maximum absolute atomic E-state index is 12.0. The molecule has 6 atom stereocenters. The first kappa shape index (κ1) is 31.8. The van der Waals surface area contributed by atoms with E-state index in [0.717, 1.165) is 36.7 Å². The molecular formula is C17H31N3NaO11P2. The fourth-order valence-corrected chi connectivity index (χ4v) is 5.24. The van der Waals surface area contributed by atoms with Crippen LogP contribution in [-0.4, -0.2) is 90.6 Å². The average molecular weight is 538 g/mol. The number of hydrogen-bond acceptors (Lipinski definition) is 11. The molecule has 2 rings (SSSR count). The standard InChI is InChI=1S/C17H31N3O11P2.Na/c1-2-3-4-5-6-7-10-28-32(24,25)31-33(26,27)29-11-12-14(21)15(22)16(30-12)20-9-8-13(18)19-17(20)23;/h8-9,12,14-16,21-22H,2-7,10-11H2,1H3,(H,24,25)(H,26,27)(H2,18,19,23);. The van der Waals surface area contributed by atoms with Crippen LogP contribution in [0.15, 0.2) is 17.1 Å². The Labute approximate surface area is 218 Å². The third-order valence-electron chi connectivity index (χ3n) is 4.82. The van der Waals surface area contributed by atoms with Gasteiger partial charge in [0.2, 0.25) is 0 Å². The van der Waals surface area contributed by atoms with Crippen LogP contribution in [0.5, 0.6) is 0 Å². The molecule has 0 aliphatic carbocycles. The summed E-state index contributed by atoms with van der Waals surface area (Å²) in [6.45, 7) is 1.12. The Morgan fingerprint density at radius 1 is 1.09 bits per heavy atom. The Hall–Kier alpha value is -0.180. The van der Waals surface area contributed by atoms with E-state index in [1.807, 2.05) is 0 Å². The quantitative estimate of drug-likeness (QED) is 0.125. The van der Waals surface area contributed by atoms with Gasteiger partial charge in [0.15, 0.2) is 6.23 Å². The summed E-state index contributed by atoms with van der Waals surface area (Å²) in [5, 5.41) is 20.3. The van der Waals surface area contributed by atoms with E-state index in [4.69, 9.17) is 10.5 Å². The number of phosphoric acid groups is 2. The monoisotopic (exact) mass is 538 g/mol. The molecule has 14 nitrogen and oxygen atoms in total. The summed E-state index contributed by atoms with van der Waals surface area (Å²) in [4.78, 5) is 34.8. The van der Waals surface area contributed by atoms with Crippen molar-refractivity contribution in [2.75, 3.05) is 18.9 Å². The number of aromatic nitrogens is 2. The van der Waals surface area contributed by atoms with Gasteiger partial charge in [-0.05, 0) is 12.5 Å². The second-order valence-corrected chi connectivity index (χ2v) is 10.5. The molecule has 1 aliphatic rings. The maximum atomic E-state index is 12.0. The molecule has 0 amide bonds. The van der Waals surface area contributed by atoms with Gasteiger partial charge < -0.3 is 30.5 Å². The molecule has 1 aliphatic heterocycles. The predicted octanol–water partition coefficient (Wildman–Crippen LogP) is 0.675. The third kappa shape index (κ3) is 10.1. The van der Waals surface area contributed by atoms with Crippen molar-refractivity contribution in [3.8, 4) is 0 Å².